The van der Waals surface area contributed by atoms with Gasteiger partial charge < -0.3 is 15.9 Å². The van der Waals surface area contributed by atoms with Gasteiger partial charge in [0.15, 0.2) is 0 Å². The standard InChI is InChI=1S/C9H11BrClNO2/c10-6-2-1-5(7(13)3-4-12)9(14)8(6)11/h1-2,7,13-14H,3-4,12H2. The van der Waals surface area contributed by atoms with Crippen molar-refractivity contribution in [1.82, 2.24) is 0 Å². The van der Waals surface area contributed by atoms with Crippen LogP contribution in [0.2, 0.25) is 5.02 Å². The largest absolute Gasteiger partial charge is 0.506 e. The van der Waals surface area contributed by atoms with Gasteiger partial charge in [0.05, 0.1) is 11.1 Å². The number of rotatable bonds is 3. The average Bonchev–Trinajstić information content (AvgIpc) is 2.15. The molecule has 78 valence electrons. The number of aromatic hydroxyl groups is 1. The van der Waals surface area contributed by atoms with E-state index in [1.807, 2.05) is 0 Å². The number of hydrogen-bond acceptors (Lipinski definition) is 3. The minimum atomic E-state index is -0.773. The first-order valence-corrected chi connectivity index (χ1v) is 5.30. The lowest BCUT2D eigenvalue weighted by Crippen LogP contribution is -2.06. The second-order valence-corrected chi connectivity index (χ2v) is 4.12. The summed E-state index contributed by atoms with van der Waals surface area (Å²) in [4.78, 5) is 0. The van der Waals surface area contributed by atoms with Crippen molar-refractivity contribution in [3.63, 3.8) is 0 Å². The van der Waals surface area contributed by atoms with E-state index in [-0.39, 0.29) is 10.8 Å². The van der Waals surface area contributed by atoms with Crippen LogP contribution < -0.4 is 5.73 Å². The van der Waals surface area contributed by atoms with Gasteiger partial charge >= 0.3 is 0 Å². The second kappa shape index (κ2) is 4.98. The molecule has 0 aliphatic carbocycles. The van der Waals surface area contributed by atoms with E-state index in [0.29, 0.717) is 23.0 Å². The fourth-order valence-corrected chi connectivity index (χ4v) is 1.63. The Morgan fingerprint density at radius 2 is 2.14 bits per heavy atom. The van der Waals surface area contributed by atoms with Crippen LogP contribution in [-0.4, -0.2) is 16.8 Å². The van der Waals surface area contributed by atoms with Crippen LogP contribution in [0.3, 0.4) is 0 Å². The zero-order chi connectivity index (χ0) is 10.7. The smallest absolute Gasteiger partial charge is 0.141 e. The van der Waals surface area contributed by atoms with E-state index in [0.717, 1.165) is 0 Å². The van der Waals surface area contributed by atoms with E-state index in [4.69, 9.17) is 17.3 Å². The highest BCUT2D eigenvalue weighted by Crippen LogP contribution is 2.37. The lowest BCUT2D eigenvalue weighted by molar-refractivity contribution is 0.166. The van der Waals surface area contributed by atoms with Gasteiger partial charge in [-0.2, -0.15) is 0 Å². The molecule has 4 N–H and O–H groups in total. The molecule has 0 heterocycles. The predicted octanol–water partition coefficient (Wildman–Crippen LogP) is 2.19. The van der Waals surface area contributed by atoms with Crippen molar-refractivity contribution < 1.29 is 10.2 Å². The summed E-state index contributed by atoms with van der Waals surface area (Å²) in [7, 11) is 0. The number of aliphatic hydroxyl groups excluding tert-OH is 1. The van der Waals surface area contributed by atoms with Gasteiger partial charge in [0.25, 0.3) is 0 Å². The number of aliphatic hydroxyl groups is 1. The molecule has 1 rings (SSSR count). The van der Waals surface area contributed by atoms with Crippen LogP contribution in [0.25, 0.3) is 0 Å². The van der Waals surface area contributed by atoms with Crippen LogP contribution in [0.1, 0.15) is 18.1 Å². The Balaban J connectivity index is 3.04. The van der Waals surface area contributed by atoms with Crippen molar-refractivity contribution in [2.24, 2.45) is 5.73 Å². The molecule has 0 spiro atoms. The molecule has 0 saturated heterocycles. The highest BCUT2D eigenvalue weighted by atomic mass is 79.9. The van der Waals surface area contributed by atoms with Crippen LogP contribution >= 0.6 is 27.5 Å². The first-order valence-electron chi connectivity index (χ1n) is 4.13. The molecule has 0 bridgehead atoms. The van der Waals surface area contributed by atoms with E-state index in [2.05, 4.69) is 15.9 Å². The highest BCUT2D eigenvalue weighted by molar-refractivity contribution is 9.10. The molecular formula is C9H11BrClNO2. The topological polar surface area (TPSA) is 66.5 Å². The summed E-state index contributed by atoms with van der Waals surface area (Å²) >= 11 is 8.96. The minimum Gasteiger partial charge on any atom is -0.506 e. The maximum atomic E-state index is 9.61. The molecule has 0 radical (unpaired) electrons. The molecule has 0 aliphatic rings. The molecule has 1 aromatic carbocycles. The SMILES string of the molecule is NCCC(O)c1ccc(Br)c(Cl)c1O. The van der Waals surface area contributed by atoms with E-state index < -0.39 is 6.10 Å². The molecule has 0 amide bonds. The molecule has 1 aromatic rings. The van der Waals surface area contributed by atoms with Gasteiger partial charge in [0.1, 0.15) is 5.75 Å². The highest BCUT2D eigenvalue weighted by Gasteiger charge is 2.15. The van der Waals surface area contributed by atoms with Gasteiger partial charge in [-0.1, -0.05) is 17.7 Å². The summed E-state index contributed by atoms with van der Waals surface area (Å²) in [6, 6.07) is 3.29. The summed E-state index contributed by atoms with van der Waals surface area (Å²) in [6.07, 6.45) is -0.378. The Morgan fingerprint density at radius 1 is 1.50 bits per heavy atom. The van der Waals surface area contributed by atoms with E-state index in [9.17, 15) is 10.2 Å². The summed E-state index contributed by atoms with van der Waals surface area (Å²) in [5, 5.41) is 19.4. The summed E-state index contributed by atoms with van der Waals surface area (Å²) < 4.78 is 0.598. The molecular weight excluding hydrogens is 269 g/mol. The van der Waals surface area contributed by atoms with Gasteiger partial charge in [-0.15, -0.1) is 0 Å². The van der Waals surface area contributed by atoms with E-state index in [1.165, 1.54) is 0 Å². The molecule has 1 atom stereocenters. The van der Waals surface area contributed by atoms with Gasteiger partial charge in [-0.25, -0.2) is 0 Å². The van der Waals surface area contributed by atoms with Crippen molar-refractivity contribution in [2.45, 2.75) is 12.5 Å². The molecule has 3 nitrogen and oxygen atoms in total. The first-order chi connectivity index (χ1) is 6.57. The zero-order valence-electron chi connectivity index (χ0n) is 7.37. The van der Waals surface area contributed by atoms with Crippen LogP contribution in [0.4, 0.5) is 0 Å². The average molecular weight is 281 g/mol. The maximum absolute atomic E-state index is 9.61. The lowest BCUT2D eigenvalue weighted by Gasteiger charge is -2.12. The zero-order valence-corrected chi connectivity index (χ0v) is 9.72. The van der Waals surface area contributed by atoms with Crippen molar-refractivity contribution in [1.29, 1.82) is 0 Å². The molecule has 14 heavy (non-hydrogen) atoms. The van der Waals surface area contributed by atoms with Crippen molar-refractivity contribution in [3.05, 3.63) is 27.2 Å². The number of phenols is 1. The number of benzene rings is 1. The number of nitrogens with two attached hydrogens (primary N) is 1. The molecule has 5 heteroatoms. The Labute approximate surface area is 95.6 Å². The number of hydrogen-bond donors (Lipinski definition) is 3. The van der Waals surface area contributed by atoms with Gasteiger partial charge in [0.2, 0.25) is 0 Å². The monoisotopic (exact) mass is 279 g/mol. The fraction of sp³-hybridized carbons (Fsp3) is 0.333. The number of phenolic OH excluding ortho intramolecular Hbond substituents is 1. The first kappa shape index (κ1) is 11.8. The summed E-state index contributed by atoms with van der Waals surface area (Å²) in [5.74, 6) is -0.0954. The molecule has 0 aliphatic heterocycles. The maximum Gasteiger partial charge on any atom is 0.141 e. The summed E-state index contributed by atoms with van der Waals surface area (Å²) in [5.41, 5.74) is 5.71. The van der Waals surface area contributed by atoms with Crippen molar-refractivity contribution in [3.8, 4) is 5.75 Å². The predicted molar refractivity (Wildman–Crippen MR) is 59.4 cm³/mol. The Hall–Kier alpha value is -0.290. The number of halogens is 2. The molecule has 0 saturated carbocycles. The van der Waals surface area contributed by atoms with Gasteiger partial charge in [-0.3, -0.25) is 0 Å². The molecule has 1 unspecified atom stereocenters. The Kier molecular flexibility index (Phi) is 4.19. The van der Waals surface area contributed by atoms with E-state index in [1.54, 1.807) is 12.1 Å². The Morgan fingerprint density at radius 3 is 2.71 bits per heavy atom. The van der Waals surface area contributed by atoms with Crippen LogP contribution in [0.15, 0.2) is 16.6 Å². The minimum absolute atomic E-state index is 0.0954. The third-order valence-corrected chi connectivity index (χ3v) is 3.17. The summed E-state index contributed by atoms with van der Waals surface area (Å²) in [6.45, 7) is 0.355. The fourth-order valence-electron chi connectivity index (χ4n) is 1.14. The van der Waals surface area contributed by atoms with E-state index >= 15 is 0 Å². The third kappa shape index (κ3) is 2.39. The van der Waals surface area contributed by atoms with Crippen LogP contribution in [0, 0.1) is 0 Å². The second-order valence-electron chi connectivity index (χ2n) is 2.89. The quantitative estimate of drug-likeness (QED) is 0.795. The van der Waals surface area contributed by atoms with Crippen LogP contribution in [-0.2, 0) is 0 Å². The lowest BCUT2D eigenvalue weighted by atomic mass is 10.1. The van der Waals surface area contributed by atoms with Crippen LogP contribution in [0.5, 0.6) is 5.75 Å². The van der Waals surface area contributed by atoms with Crippen molar-refractivity contribution in [2.75, 3.05) is 6.54 Å². The molecule has 0 aromatic heterocycles. The molecule has 0 fully saturated rings. The normalized spacial score (nSPS) is 12.9. The third-order valence-electron chi connectivity index (χ3n) is 1.90. The van der Waals surface area contributed by atoms with Gasteiger partial charge in [-0.05, 0) is 35.0 Å². The Bertz CT molecular complexity index is 333. The van der Waals surface area contributed by atoms with Gasteiger partial charge in [0, 0.05) is 10.0 Å². The van der Waals surface area contributed by atoms with Crippen molar-refractivity contribution >= 4 is 27.5 Å².